The minimum atomic E-state index is -0.828. The molecule has 120 valence electrons. The predicted molar refractivity (Wildman–Crippen MR) is 82.2 cm³/mol. The van der Waals surface area contributed by atoms with E-state index in [-0.39, 0.29) is 24.3 Å². The lowest BCUT2D eigenvalue weighted by molar-refractivity contribution is -0.139. The highest BCUT2D eigenvalue weighted by atomic mass is 16.5. The maximum Gasteiger partial charge on any atom is 0.303 e. The van der Waals surface area contributed by atoms with Crippen molar-refractivity contribution >= 4 is 11.9 Å². The summed E-state index contributed by atoms with van der Waals surface area (Å²) in [7, 11) is 0. The van der Waals surface area contributed by atoms with Gasteiger partial charge in [0.25, 0.3) is 0 Å². The molecule has 1 saturated carbocycles. The summed E-state index contributed by atoms with van der Waals surface area (Å²) in [5.41, 5.74) is 1.06. The van der Waals surface area contributed by atoms with Crippen LogP contribution in [0.1, 0.15) is 31.7 Å². The molecule has 0 radical (unpaired) electrons. The van der Waals surface area contributed by atoms with Gasteiger partial charge in [-0.25, -0.2) is 0 Å². The van der Waals surface area contributed by atoms with E-state index in [9.17, 15) is 9.59 Å². The van der Waals surface area contributed by atoms with Gasteiger partial charge in [-0.15, -0.1) is 0 Å². The van der Waals surface area contributed by atoms with Crippen molar-refractivity contribution in [3.05, 3.63) is 35.9 Å². The summed E-state index contributed by atoms with van der Waals surface area (Å²) >= 11 is 0. The average Bonchev–Trinajstić information content (AvgIpc) is 3.26. The molecular weight excluding hydrogens is 282 g/mol. The molecule has 1 N–H and O–H groups in total. The molecule has 2 unspecified atom stereocenters. The van der Waals surface area contributed by atoms with Crippen molar-refractivity contribution in [2.45, 2.75) is 38.8 Å². The molecule has 22 heavy (non-hydrogen) atoms. The van der Waals surface area contributed by atoms with Gasteiger partial charge in [0.1, 0.15) is 0 Å². The number of carbonyl (C=O) groups excluding carboxylic acids is 1. The van der Waals surface area contributed by atoms with E-state index < -0.39 is 5.97 Å². The second kappa shape index (κ2) is 7.94. The normalized spacial score (nSPS) is 19.7. The lowest BCUT2D eigenvalue weighted by Crippen LogP contribution is -2.34. The summed E-state index contributed by atoms with van der Waals surface area (Å²) in [5.74, 6) is -0.813. The van der Waals surface area contributed by atoms with Crippen LogP contribution in [-0.4, -0.2) is 41.1 Å². The first kappa shape index (κ1) is 16.5. The van der Waals surface area contributed by atoms with Crippen LogP contribution in [0.2, 0.25) is 0 Å². The van der Waals surface area contributed by atoms with Gasteiger partial charge in [0.2, 0.25) is 5.91 Å². The molecule has 2 atom stereocenters. The summed E-state index contributed by atoms with van der Waals surface area (Å²) in [5, 5.41) is 8.76. The van der Waals surface area contributed by atoms with E-state index in [1.54, 1.807) is 4.90 Å². The lowest BCUT2D eigenvalue weighted by atomic mass is 10.2. The summed E-state index contributed by atoms with van der Waals surface area (Å²) in [6, 6.07) is 9.77. The van der Waals surface area contributed by atoms with Gasteiger partial charge < -0.3 is 14.7 Å². The average molecular weight is 305 g/mol. The zero-order valence-corrected chi connectivity index (χ0v) is 12.9. The smallest absolute Gasteiger partial charge is 0.303 e. The van der Waals surface area contributed by atoms with Crippen molar-refractivity contribution in [3.8, 4) is 0 Å². The number of benzene rings is 1. The van der Waals surface area contributed by atoms with E-state index in [0.717, 1.165) is 12.0 Å². The van der Waals surface area contributed by atoms with Crippen LogP contribution in [0.3, 0.4) is 0 Å². The molecule has 1 amide bonds. The Morgan fingerprint density at radius 1 is 1.32 bits per heavy atom. The topological polar surface area (TPSA) is 66.8 Å². The maximum atomic E-state index is 12.6. The van der Waals surface area contributed by atoms with E-state index >= 15 is 0 Å². The molecule has 1 aliphatic carbocycles. The highest BCUT2D eigenvalue weighted by Gasteiger charge is 2.45. The Hall–Kier alpha value is -1.88. The Morgan fingerprint density at radius 3 is 2.68 bits per heavy atom. The number of hydrogen-bond donors (Lipinski definition) is 1. The Labute approximate surface area is 130 Å². The van der Waals surface area contributed by atoms with Crippen molar-refractivity contribution in [1.82, 2.24) is 4.90 Å². The number of carboxylic acid groups (broad SMARTS) is 1. The van der Waals surface area contributed by atoms with Gasteiger partial charge in [-0.2, -0.15) is 0 Å². The van der Waals surface area contributed by atoms with E-state index in [1.165, 1.54) is 0 Å². The molecule has 2 rings (SSSR count). The van der Waals surface area contributed by atoms with Gasteiger partial charge in [-0.3, -0.25) is 9.59 Å². The van der Waals surface area contributed by atoms with Gasteiger partial charge in [0.15, 0.2) is 0 Å². The SMILES string of the molecule is CCOC1CC1C(=O)N(CCCC(=O)O)Cc1ccccc1. The number of hydrogen-bond acceptors (Lipinski definition) is 3. The fourth-order valence-corrected chi connectivity index (χ4v) is 2.56. The van der Waals surface area contributed by atoms with Gasteiger partial charge in [-0.1, -0.05) is 30.3 Å². The molecule has 0 aliphatic heterocycles. The van der Waals surface area contributed by atoms with Gasteiger partial charge in [-0.05, 0) is 25.3 Å². The quantitative estimate of drug-likeness (QED) is 0.760. The Balaban J connectivity index is 1.95. The minimum Gasteiger partial charge on any atom is -0.481 e. The molecule has 5 nitrogen and oxygen atoms in total. The van der Waals surface area contributed by atoms with Crippen LogP contribution in [0.4, 0.5) is 0 Å². The molecule has 5 heteroatoms. The van der Waals surface area contributed by atoms with E-state index in [4.69, 9.17) is 9.84 Å². The van der Waals surface area contributed by atoms with E-state index in [1.807, 2.05) is 37.3 Å². The molecule has 1 aromatic rings. The van der Waals surface area contributed by atoms with Gasteiger partial charge >= 0.3 is 5.97 Å². The maximum absolute atomic E-state index is 12.6. The van der Waals surface area contributed by atoms with Crippen LogP contribution in [0.25, 0.3) is 0 Å². The first-order chi connectivity index (χ1) is 10.6. The minimum absolute atomic E-state index is 0.0373. The summed E-state index contributed by atoms with van der Waals surface area (Å²) < 4.78 is 5.49. The largest absolute Gasteiger partial charge is 0.481 e. The molecular formula is C17H23NO4. The van der Waals surface area contributed by atoms with Gasteiger partial charge in [0, 0.05) is 26.1 Å². The van der Waals surface area contributed by atoms with Crippen LogP contribution in [-0.2, 0) is 20.9 Å². The zero-order chi connectivity index (χ0) is 15.9. The molecule has 1 aliphatic rings. The van der Waals surface area contributed by atoms with E-state index in [2.05, 4.69) is 0 Å². The predicted octanol–water partition coefficient (Wildman–Crippen LogP) is 2.30. The molecule has 0 aromatic heterocycles. The van der Waals surface area contributed by atoms with Gasteiger partial charge in [0.05, 0.1) is 12.0 Å². The number of aliphatic carboxylic acids is 1. The summed E-state index contributed by atoms with van der Waals surface area (Å²) in [6.07, 6.45) is 1.37. The van der Waals surface area contributed by atoms with Crippen molar-refractivity contribution in [3.63, 3.8) is 0 Å². The van der Waals surface area contributed by atoms with Crippen molar-refractivity contribution in [1.29, 1.82) is 0 Å². The fraction of sp³-hybridized carbons (Fsp3) is 0.529. The van der Waals surface area contributed by atoms with Crippen LogP contribution < -0.4 is 0 Å². The number of ether oxygens (including phenoxy) is 1. The highest BCUT2D eigenvalue weighted by molar-refractivity contribution is 5.82. The first-order valence-corrected chi connectivity index (χ1v) is 7.78. The number of carboxylic acids is 1. The van der Waals surface area contributed by atoms with Crippen LogP contribution in [0.15, 0.2) is 30.3 Å². The third-order valence-electron chi connectivity index (χ3n) is 3.78. The molecule has 1 aromatic carbocycles. The number of carbonyl (C=O) groups is 2. The van der Waals surface area contributed by atoms with Crippen molar-refractivity contribution in [2.75, 3.05) is 13.2 Å². The standard InChI is InChI=1S/C17H23NO4/c1-2-22-15-11-14(15)17(21)18(10-6-9-16(19)20)12-13-7-4-3-5-8-13/h3-5,7-8,14-15H,2,6,9-12H2,1H3,(H,19,20). The molecule has 0 spiro atoms. The lowest BCUT2D eigenvalue weighted by Gasteiger charge is -2.23. The molecule has 0 saturated heterocycles. The molecule has 0 bridgehead atoms. The van der Waals surface area contributed by atoms with Crippen LogP contribution >= 0.6 is 0 Å². The Bertz CT molecular complexity index is 503. The summed E-state index contributed by atoms with van der Waals surface area (Å²) in [4.78, 5) is 25.0. The van der Waals surface area contributed by atoms with Crippen LogP contribution in [0.5, 0.6) is 0 Å². The monoisotopic (exact) mass is 305 g/mol. The zero-order valence-electron chi connectivity index (χ0n) is 12.9. The number of amides is 1. The fourth-order valence-electron chi connectivity index (χ4n) is 2.56. The summed E-state index contributed by atoms with van der Waals surface area (Å²) in [6.45, 7) is 3.53. The first-order valence-electron chi connectivity index (χ1n) is 7.78. The second-order valence-electron chi connectivity index (χ2n) is 5.58. The third-order valence-corrected chi connectivity index (χ3v) is 3.78. The Kier molecular flexibility index (Phi) is 5.95. The second-order valence-corrected chi connectivity index (χ2v) is 5.58. The third kappa shape index (κ3) is 4.84. The number of nitrogens with zero attached hydrogens (tertiary/aromatic N) is 1. The highest BCUT2D eigenvalue weighted by Crippen LogP contribution is 2.35. The van der Waals surface area contributed by atoms with Crippen molar-refractivity contribution < 1.29 is 19.4 Å². The van der Waals surface area contributed by atoms with Crippen molar-refractivity contribution in [2.24, 2.45) is 5.92 Å². The van der Waals surface area contributed by atoms with Crippen LogP contribution in [0, 0.1) is 5.92 Å². The molecule has 0 heterocycles. The van der Waals surface area contributed by atoms with E-state index in [0.29, 0.717) is 26.1 Å². The molecule has 1 fully saturated rings. The number of rotatable bonds is 9. The Morgan fingerprint density at radius 2 is 2.05 bits per heavy atom.